The van der Waals surface area contributed by atoms with Crippen LogP contribution < -0.4 is 5.32 Å². The largest absolute Gasteiger partial charge is 0.472 e. The molecular formula is C17H38NO11P. The Kier molecular flexibility index (Phi) is 24.7. The van der Waals surface area contributed by atoms with Crippen molar-refractivity contribution in [3.05, 3.63) is 0 Å². The Balaban J connectivity index is -0.00000113. The normalized spacial score (nSPS) is 12.7. The quantitative estimate of drug-likeness (QED) is 0.205. The third-order valence-corrected chi connectivity index (χ3v) is 3.56. The molecule has 12 nitrogen and oxygen atoms in total. The number of carbonyl (C=O) groups is 3. The summed E-state index contributed by atoms with van der Waals surface area (Å²) in [6, 6.07) is 0. The van der Waals surface area contributed by atoms with Crippen molar-refractivity contribution in [3.63, 3.8) is 0 Å². The highest BCUT2D eigenvalue weighted by molar-refractivity contribution is 7.47. The van der Waals surface area contributed by atoms with Gasteiger partial charge in [0, 0.05) is 27.5 Å². The number of nitrogens with one attached hydrogen (secondary N) is 1. The molecule has 30 heavy (non-hydrogen) atoms. The number of ether oxygens (including phenoxy) is 4. The topological polar surface area (TPSA) is 156 Å². The SMILES string of the molecule is C.C.C.COCCOCC(=O)NCCOP(=O)(O)OCC(COC(C)=O)OC(C)=O. The zero-order valence-electron chi connectivity index (χ0n) is 15.5. The van der Waals surface area contributed by atoms with Crippen molar-refractivity contribution in [1.82, 2.24) is 5.32 Å². The zero-order valence-corrected chi connectivity index (χ0v) is 16.4. The third kappa shape index (κ3) is 22.7. The van der Waals surface area contributed by atoms with Crippen LogP contribution in [0.1, 0.15) is 36.1 Å². The number of carbonyl (C=O) groups excluding carboxylic acids is 3. The van der Waals surface area contributed by atoms with Gasteiger partial charge < -0.3 is 29.2 Å². The number of rotatable bonds is 15. The molecule has 0 heterocycles. The van der Waals surface area contributed by atoms with Gasteiger partial charge in [0.2, 0.25) is 5.91 Å². The van der Waals surface area contributed by atoms with E-state index < -0.39 is 38.4 Å². The fraction of sp³-hybridized carbons (Fsp3) is 0.824. The second-order valence-corrected chi connectivity index (χ2v) is 6.48. The highest BCUT2D eigenvalue weighted by Gasteiger charge is 2.25. The molecule has 0 aromatic carbocycles. The molecule has 0 aliphatic heterocycles. The molecule has 0 spiro atoms. The van der Waals surface area contributed by atoms with E-state index >= 15 is 0 Å². The predicted octanol–water partition coefficient (Wildman–Crippen LogP) is 1.30. The molecule has 0 aliphatic carbocycles. The molecule has 0 saturated carbocycles. The van der Waals surface area contributed by atoms with E-state index in [0.29, 0.717) is 6.61 Å². The number of phosphoric acid groups is 1. The first kappa shape index (κ1) is 35.9. The van der Waals surface area contributed by atoms with Crippen molar-refractivity contribution < 1.29 is 51.8 Å². The fourth-order valence-corrected chi connectivity index (χ4v) is 2.24. The maximum Gasteiger partial charge on any atom is 0.472 e. The van der Waals surface area contributed by atoms with Gasteiger partial charge in [0.1, 0.15) is 13.2 Å². The number of hydrogen-bond donors (Lipinski definition) is 2. The molecule has 0 aromatic heterocycles. The van der Waals surface area contributed by atoms with E-state index in [2.05, 4.69) is 14.6 Å². The maximum absolute atomic E-state index is 11.7. The summed E-state index contributed by atoms with van der Waals surface area (Å²) in [5, 5.41) is 2.41. The number of amides is 1. The molecule has 0 radical (unpaired) electrons. The van der Waals surface area contributed by atoms with Crippen LogP contribution in [0.15, 0.2) is 0 Å². The summed E-state index contributed by atoms with van der Waals surface area (Å²) in [7, 11) is -2.96. The number of esters is 2. The van der Waals surface area contributed by atoms with Crippen LogP contribution in [0.5, 0.6) is 0 Å². The predicted molar refractivity (Wildman–Crippen MR) is 110 cm³/mol. The molecule has 2 atom stereocenters. The van der Waals surface area contributed by atoms with Gasteiger partial charge in [-0.3, -0.25) is 23.4 Å². The van der Waals surface area contributed by atoms with Crippen LogP contribution >= 0.6 is 7.82 Å². The molecule has 2 N–H and O–H groups in total. The third-order valence-electron chi connectivity index (χ3n) is 2.57. The molecule has 0 bridgehead atoms. The minimum atomic E-state index is -4.46. The highest BCUT2D eigenvalue weighted by Crippen LogP contribution is 2.43. The Hall–Kier alpha value is -1.56. The highest BCUT2D eigenvalue weighted by atomic mass is 31.2. The van der Waals surface area contributed by atoms with E-state index in [1.165, 1.54) is 7.11 Å². The summed E-state index contributed by atoms with van der Waals surface area (Å²) in [6.07, 6.45) is -1.07. The zero-order chi connectivity index (χ0) is 20.7. The van der Waals surface area contributed by atoms with E-state index in [1.54, 1.807) is 0 Å². The van der Waals surface area contributed by atoms with Crippen LogP contribution in [0.25, 0.3) is 0 Å². The van der Waals surface area contributed by atoms with Crippen molar-refractivity contribution >= 4 is 25.7 Å². The lowest BCUT2D eigenvalue weighted by molar-refractivity contribution is -0.158. The van der Waals surface area contributed by atoms with Crippen molar-refractivity contribution in [2.24, 2.45) is 0 Å². The van der Waals surface area contributed by atoms with Crippen LogP contribution in [0.4, 0.5) is 0 Å². The fourth-order valence-electron chi connectivity index (χ4n) is 1.49. The molecule has 182 valence electrons. The molecule has 0 aliphatic rings. The van der Waals surface area contributed by atoms with Gasteiger partial charge in [0.05, 0.1) is 26.4 Å². The minimum Gasteiger partial charge on any atom is -0.462 e. The lowest BCUT2D eigenvalue weighted by Gasteiger charge is -2.18. The number of phosphoric ester groups is 1. The molecule has 0 saturated heterocycles. The first-order valence-electron chi connectivity index (χ1n) is 7.92. The van der Waals surface area contributed by atoms with Gasteiger partial charge in [-0.1, -0.05) is 22.3 Å². The Bertz CT molecular complexity index is 516. The van der Waals surface area contributed by atoms with Crippen LogP contribution in [-0.4, -0.2) is 82.1 Å². The van der Waals surface area contributed by atoms with Crippen LogP contribution in [0, 0.1) is 0 Å². The van der Waals surface area contributed by atoms with Gasteiger partial charge in [0.15, 0.2) is 6.10 Å². The number of hydrogen-bond acceptors (Lipinski definition) is 10. The molecule has 13 heteroatoms. The van der Waals surface area contributed by atoms with E-state index in [9.17, 15) is 23.8 Å². The minimum absolute atomic E-state index is 0. The van der Waals surface area contributed by atoms with Gasteiger partial charge in [-0.2, -0.15) is 0 Å². The summed E-state index contributed by atoms with van der Waals surface area (Å²) in [5.41, 5.74) is 0. The molecule has 0 rings (SSSR count). The van der Waals surface area contributed by atoms with Gasteiger partial charge >= 0.3 is 19.8 Å². The van der Waals surface area contributed by atoms with Crippen molar-refractivity contribution in [1.29, 1.82) is 0 Å². The summed E-state index contributed by atoms with van der Waals surface area (Å²) in [4.78, 5) is 42.7. The second-order valence-electron chi connectivity index (χ2n) is 5.03. The lowest BCUT2D eigenvalue weighted by atomic mass is 10.4. The van der Waals surface area contributed by atoms with Crippen LogP contribution in [0.2, 0.25) is 0 Å². The average molecular weight is 463 g/mol. The van der Waals surface area contributed by atoms with Crippen molar-refractivity contribution in [3.8, 4) is 0 Å². The Morgan fingerprint density at radius 2 is 1.60 bits per heavy atom. The molecular weight excluding hydrogens is 425 g/mol. The second kappa shape index (κ2) is 20.7. The van der Waals surface area contributed by atoms with E-state index in [0.717, 1.165) is 13.8 Å². The summed E-state index contributed by atoms with van der Waals surface area (Å²) < 4.78 is 40.3. The molecule has 1 amide bonds. The monoisotopic (exact) mass is 463 g/mol. The van der Waals surface area contributed by atoms with Gasteiger partial charge in [0.25, 0.3) is 0 Å². The first-order valence-corrected chi connectivity index (χ1v) is 9.41. The van der Waals surface area contributed by atoms with Crippen LogP contribution in [0.3, 0.4) is 0 Å². The van der Waals surface area contributed by atoms with Crippen LogP contribution in [-0.2, 0) is 46.9 Å². The molecule has 0 fully saturated rings. The van der Waals surface area contributed by atoms with E-state index in [4.69, 9.17) is 18.7 Å². The number of methoxy groups -OCH3 is 1. The Labute approximate surface area is 179 Å². The summed E-state index contributed by atoms with van der Waals surface area (Å²) >= 11 is 0. The van der Waals surface area contributed by atoms with Crippen molar-refractivity contribution in [2.45, 2.75) is 42.2 Å². The maximum atomic E-state index is 11.7. The summed E-state index contributed by atoms with van der Waals surface area (Å²) in [5.74, 6) is -1.72. The van der Waals surface area contributed by atoms with Crippen molar-refractivity contribution in [2.75, 3.05) is 53.3 Å². The summed E-state index contributed by atoms with van der Waals surface area (Å²) in [6.45, 7) is 1.48. The molecule has 0 aromatic rings. The standard InChI is InChI=1S/C14H26NO11P.3CH4/c1-11(16)23-8-13(26-12(2)17)9-25-27(19,20)24-5-4-15-14(18)10-22-7-6-21-3;;;/h13H,4-10H2,1-3H3,(H,15,18)(H,19,20);3*1H4. The van der Waals surface area contributed by atoms with Gasteiger partial charge in [-0.25, -0.2) is 4.57 Å². The van der Waals surface area contributed by atoms with Gasteiger partial charge in [-0.05, 0) is 0 Å². The molecule has 2 unspecified atom stereocenters. The van der Waals surface area contributed by atoms with Gasteiger partial charge in [-0.15, -0.1) is 0 Å². The average Bonchev–Trinajstić information content (AvgIpc) is 2.57. The van der Waals surface area contributed by atoms with E-state index in [1.807, 2.05) is 0 Å². The lowest BCUT2D eigenvalue weighted by Crippen LogP contribution is -2.31. The van der Waals surface area contributed by atoms with E-state index in [-0.39, 0.29) is 55.3 Å². The first-order chi connectivity index (χ1) is 12.7. The Morgan fingerprint density at radius 3 is 2.13 bits per heavy atom. The smallest absolute Gasteiger partial charge is 0.462 e. The Morgan fingerprint density at radius 1 is 0.967 bits per heavy atom.